The molecule has 0 unspecified atom stereocenters. The van der Waals surface area contributed by atoms with Crippen LogP contribution in [0.5, 0.6) is 0 Å². The predicted molar refractivity (Wildman–Crippen MR) is 65.8 cm³/mol. The summed E-state index contributed by atoms with van der Waals surface area (Å²) in [6, 6.07) is 0. The van der Waals surface area contributed by atoms with Crippen molar-refractivity contribution in [1.82, 2.24) is 19.9 Å². The molecule has 0 saturated carbocycles. The number of imidazole rings is 1. The number of hydrogen-bond donors (Lipinski definition) is 2. The number of aromatic carboxylic acids is 1. The summed E-state index contributed by atoms with van der Waals surface area (Å²) in [7, 11) is 0. The number of nitrogens with zero attached hydrogens (tertiary/aromatic N) is 3. The molecule has 0 aliphatic rings. The minimum Gasteiger partial charge on any atom is -0.476 e. The van der Waals surface area contributed by atoms with Gasteiger partial charge in [-0.25, -0.2) is 19.7 Å². The molecular weight excluding hydrogens is 252 g/mol. The van der Waals surface area contributed by atoms with Gasteiger partial charge in [0.05, 0.1) is 4.90 Å². The first-order chi connectivity index (χ1) is 8.58. The summed E-state index contributed by atoms with van der Waals surface area (Å²) in [6.45, 7) is 3.83. The molecule has 0 fully saturated rings. The molecule has 0 amide bonds. The number of rotatable bonds is 4. The average molecular weight is 264 g/mol. The first-order valence-electron chi connectivity index (χ1n) is 5.35. The Hall–Kier alpha value is -1.89. The Balaban J connectivity index is 2.37. The van der Waals surface area contributed by atoms with Crippen molar-refractivity contribution in [1.29, 1.82) is 0 Å². The highest BCUT2D eigenvalue weighted by Crippen LogP contribution is 2.27. The number of aromatic nitrogens is 4. The monoisotopic (exact) mass is 264 g/mol. The molecule has 18 heavy (non-hydrogen) atoms. The Morgan fingerprint density at radius 1 is 1.44 bits per heavy atom. The Morgan fingerprint density at radius 2 is 2.22 bits per heavy atom. The topological polar surface area (TPSA) is 91.8 Å². The molecule has 0 bridgehead atoms. The normalized spacial score (nSPS) is 10.8. The summed E-state index contributed by atoms with van der Waals surface area (Å²) >= 11 is 1.20. The van der Waals surface area contributed by atoms with Gasteiger partial charge >= 0.3 is 5.97 Å². The van der Waals surface area contributed by atoms with Gasteiger partial charge in [-0.3, -0.25) is 0 Å². The van der Waals surface area contributed by atoms with Crippen molar-refractivity contribution in [2.45, 2.75) is 29.8 Å². The van der Waals surface area contributed by atoms with Crippen molar-refractivity contribution in [2.75, 3.05) is 0 Å². The number of hydrogen-bond acceptors (Lipinski definition) is 5. The van der Waals surface area contributed by atoms with Crippen LogP contribution in [0.25, 0.3) is 0 Å². The lowest BCUT2D eigenvalue weighted by Gasteiger charge is -2.07. The number of carboxylic acid groups (broad SMARTS) is 1. The smallest absolute Gasteiger partial charge is 0.355 e. The van der Waals surface area contributed by atoms with Gasteiger partial charge < -0.3 is 10.1 Å². The van der Waals surface area contributed by atoms with Gasteiger partial charge in [0.25, 0.3) is 0 Å². The van der Waals surface area contributed by atoms with Crippen LogP contribution in [0, 0.1) is 0 Å². The van der Waals surface area contributed by atoms with E-state index >= 15 is 0 Å². The molecule has 7 heteroatoms. The van der Waals surface area contributed by atoms with Gasteiger partial charge in [-0.1, -0.05) is 13.8 Å². The molecular formula is C11H12N4O2S. The third-order valence-corrected chi connectivity index (χ3v) is 3.11. The third kappa shape index (κ3) is 2.67. The molecule has 2 aromatic heterocycles. The van der Waals surface area contributed by atoms with Crippen LogP contribution in [0.3, 0.4) is 0 Å². The van der Waals surface area contributed by atoms with Crippen LogP contribution in [0.1, 0.15) is 36.1 Å². The van der Waals surface area contributed by atoms with Crippen molar-refractivity contribution >= 4 is 17.7 Å². The summed E-state index contributed by atoms with van der Waals surface area (Å²) in [5, 5.41) is 9.78. The average Bonchev–Trinajstić information content (AvgIpc) is 2.81. The van der Waals surface area contributed by atoms with Crippen LogP contribution in [-0.4, -0.2) is 31.0 Å². The van der Waals surface area contributed by atoms with E-state index in [9.17, 15) is 4.79 Å². The van der Waals surface area contributed by atoms with Crippen LogP contribution in [0.2, 0.25) is 0 Å². The van der Waals surface area contributed by atoms with Gasteiger partial charge in [0.15, 0.2) is 10.9 Å². The summed E-state index contributed by atoms with van der Waals surface area (Å²) in [4.78, 5) is 26.8. The van der Waals surface area contributed by atoms with Gasteiger partial charge in [-0.05, 0) is 11.8 Å². The van der Waals surface area contributed by atoms with E-state index in [1.165, 1.54) is 18.0 Å². The molecule has 2 aromatic rings. The molecule has 0 atom stereocenters. The molecule has 0 aliphatic carbocycles. The highest BCUT2D eigenvalue weighted by molar-refractivity contribution is 7.99. The van der Waals surface area contributed by atoms with E-state index in [1.54, 1.807) is 12.4 Å². The first-order valence-corrected chi connectivity index (χ1v) is 6.17. The minimum absolute atomic E-state index is 0.00935. The largest absolute Gasteiger partial charge is 0.476 e. The van der Waals surface area contributed by atoms with E-state index in [4.69, 9.17) is 5.11 Å². The lowest BCUT2D eigenvalue weighted by atomic mass is 10.2. The second kappa shape index (κ2) is 5.18. The van der Waals surface area contributed by atoms with Gasteiger partial charge in [0.1, 0.15) is 5.82 Å². The quantitative estimate of drug-likeness (QED) is 0.879. The zero-order valence-corrected chi connectivity index (χ0v) is 10.7. The molecule has 0 spiro atoms. The lowest BCUT2D eigenvalue weighted by Crippen LogP contribution is -2.08. The van der Waals surface area contributed by atoms with E-state index < -0.39 is 5.97 Å². The summed E-state index contributed by atoms with van der Waals surface area (Å²) in [5.74, 6) is -0.449. The maximum absolute atomic E-state index is 11.2. The molecule has 0 aromatic carbocycles. The van der Waals surface area contributed by atoms with Crippen molar-refractivity contribution in [3.8, 4) is 0 Å². The SMILES string of the molecule is CC(C)c1ncc(Sc2ncc[nH]2)c(C(=O)O)n1. The number of aromatic amines is 1. The molecule has 2 rings (SSSR count). The van der Waals surface area contributed by atoms with Gasteiger partial charge in [-0.2, -0.15) is 0 Å². The number of H-pyrrole nitrogens is 1. The van der Waals surface area contributed by atoms with E-state index in [2.05, 4.69) is 19.9 Å². The zero-order valence-electron chi connectivity index (χ0n) is 9.91. The van der Waals surface area contributed by atoms with Crippen LogP contribution in [0.15, 0.2) is 28.6 Å². The Bertz CT molecular complexity index is 554. The zero-order chi connectivity index (χ0) is 13.1. The van der Waals surface area contributed by atoms with Crippen molar-refractivity contribution in [2.24, 2.45) is 0 Å². The summed E-state index contributed by atoms with van der Waals surface area (Å²) in [6.07, 6.45) is 4.80. The first kappa shape index (κ1) is 12.6. The second-order valence-corrected chi connectivity index (χ2v) is 4.93. The fourth-order valence-corrected chi connectivity index (χ4v) is 2.09. The molecule has 0 radical (unpaired) electrons. The Morgan fingerprint density at radius 3 is 2.78 bits per heavy atom. The van der Waals surface area contributed by atoms with Crippen molar-refractivity contribution in [3.05, 3.63) is 30.1 Å². The fraction of sp³-hybridized carbons (Fsp3) is 0.273. The Labute approximate surface area is 108 Å². The van der Waals surface area contributed by atoms with E-state index in [-0.39, 0.29) is 11.6 Å². The second-order valence-electron chi connectivity index (χ2n) is 3.90. The van der Waals surface area contributed by atoms with E-state index in [1.807, 2.05) is 13.8 Å². The van der Waals surface area contributed by atoms with Crippen LogP contribution < -0.4 is 0 Å². The van der Waals surface area contributed by atoms with Gasteiger partial charge in [0.2, 0.25) is 0 Å². The molecule has 2 N–H and O–H groups in total. The van der Waals surface area contributed by atoms with Crippen molar-refractivity contribution in [3.63, 3.8) is 0 Å². The molecule has 2 heterocycles. The molecule has 0 saturated heterocycles. The number of nitrogens with one attached hydrogen (secondary N) is 1. The molecule has 94 valence electrons. The molecule has 6 nitrogen and oxygen atoms in total. The lowest BCUT2D eigenvalue weighted by molar-refractivity contribution is 0.0685. The molecule has 0 aliphatic heterocycles. The van der Waals surface area contributed by atoms with Gasteiger partial charge in [0, 0.05) is 24.5 Å². The predicted octanol–water partition coefficient (Wildman–Crippen LogP) is 2.17. The maximum Gasteiger partial charge on any atom is 0.355 e. The fourth-order valence-electron chi connectivity index (χ4n) is 1.30. The van der Waals surface area contributed by atoms with E-state index in [0.717, 1.165) is 0 Å². The van der Waals surface area contributed by atoms with Crippen LogP contribution in [-0.2, 0) is 0 Å². The number of carboxylic acids is 1. The van der Waals surface area contributed by atoms with Gasteiger partial charge in [-0.15, -0.1) is 0 Å². The summed E-state index contributed by atoms with van der Waals surface area (Å²) < 4.78 is 0. The summed E-state index contributed by atoms with van der Waals surface area (Å²) in [5.41, 5.74) is 0.00935. The number of carbonyl (C=O) groups is 1. The van der Waals surface area contributed by atoms with Crippen LogP contribution in [0.4, 0.5) is 0 Å². The third-order valence-electron chi connectivity index (χ3n) is 2.17. The standard InChI is InChI=1S/C11H12N4O2S/c1-6(2)9-14-5-7(8(15-9)10(16)17)18-11-12-3-4-13-11/h3-6H,1-2H3,(H,12,13)(H,16,17). The minimum atomic E-state index is -1.06. The maximum atomic E-state index is 11.2. The van der Waals surface area contributed by atoms with Crippen molar-refractivity contribution < 1.29 is 9.90 Å². The Kier molecular flexibility index (Phi) is 3.61. The highest BCUT2D eigenvalue weighted by atomic mass is 32.2. The van der Waals surface area contributed by atoms with E-state index in [0.29, 0.717) is 15.9 Å². The highest BCUT2D eigenvalue weighted by Gasteiger charge is 2.17. The van der Waals surface area contributed by atoms with Crippen LogP contribution >= 0.6 is 11.8 Å².